The van der Waals surface area contributed by atoms with Crippen molar-refractivity contribution < 1.29 is 9.30 Å². The third kappa shape index (κ3) is 3.19. The molecule has 3 aliphatic rings. The van der Waals surface area contributed by atoms with Crippen molar-refractivity contribution in [2.45, 2.75) is 32.5 Å². The van der Waals surface area contributed by atoms with Gasteiger partial charge in [0.25, 0.3) is 12.2 Å². The standard InChI is InChI=1S/C20H29N6O/c1-16(18-4-3-17-5-12-27-19(17)13-18)23-8-10-25(11-9-23)26-15-24-7-6-22(2)14-20(24)21-26/h3-4,13,15-16H,5-12,14H2,1-2H3/q+1/t16-/m0/s1. The van der Waals surface area contributed by atoms with Gasteiger partial charge in [0.1, 0.15) is 5.75 Å². The van der Waals surface area contributed by atoms with Crippen molar-refractivity contribution in [2.24, 2.45) is 0 Å². The Bertz CT molecular complexity index is 826. The normalized spacial score (nSPS) is 21.6. The van der Waals surface area contributed by atoms with E-state index in [0.717, 1.165) is 70.4 Å². The Morgan fingerprint density at radius 1 is 1.15 bits per heavy atom. The monoisotopic (exact) mass is 369 g/mol. The fraction of sp³-hybridized carbons (Fsp3) is 0.600. The highest BCUT2D eigenvalue weighted by Gasteiger charge is 2.29. The van der Waals surface area contributed by atoms with E-state index < -0.39 is 0 Å². The van der Waals surface area contributed by atoms with Crippen LogP contribution in [0.4, 0.5) is 0 Å². The van der Waals surface area contributed by atoms with Gasteiger partial charge in [0.15, 0.2) is 0 Å². The van der Waals surface area contributed by atoms with Crippen molar-refractivity contribution in [3.8, 4) is 5.75 Å². The molecule has 1 aromatic carbocycles. The van der Waals surface area contributed by atoms with Gasteiger partial charge in [0.2, 0.25) is 0 Å². The molecule has 7 heteroatoms. The van der Waals surface area contributed by atoms with Crippen LogP contribution < -0.4 is 14.3 Å². The Kier molecular flexibility index (Phi) is 4.28. The van der Waals surface area contributed by atoms with Gasteiger partial charge in [-0.3, -0.25) is 9.80 Å². The summed E-state index contributed by atoms with van der Waals surface area (Å²) in [5.74, 6) is 2.25. The van der Waals surface area contributed by atoms with E-state index >= 15 is 0 Å². The average molecular weight is 369 g/mol. The van der Waals surface area contributed by atoms with E-state index in [9.17, 15) is 0 Å². The average Bonchev–Trinajstić information content (AvgIpc) is 3.33. The molecule has 4 heterocycles. The van der Waals surface area contributed by atoms with Gasteiger partial charge in [0, 0.05) is 32.1 Å². The molecule has 0 N–H and O–H groups in total. The molecule has 0 aliphatic carbocycles. The SMILES string of the molecule is C[C@@H](c1ccc2c(c1)OCC2)N1CCN(n2c[n+]3c(n2)CN(C)CC3)CC1. The highest BCUT2D eigenvalue weighted by atomic mass is 16.5. The van der Waals surface area contributed by atoms with E-state index in [1.165, 1.54) is 11.1 Å². The zero-order chi connectivity index (χ0) is 18.4. The molecule has 0 saturated carbocycles. The van der Waals surface area contributed by atoms with Crippen LogP contribution in [-0.4, -0.2) is 66.1 Å². The Balaban J connectivity index is 1.24. The number of nitrogens with zero attached hydrogens (tertiary/aromatic N) is 6. The van der Waals surface area contributed by atoms with Crippen LogP contribution in [0.1, 0.15) is 29.9 Å². The van der Waals surface area contributed by atoms with Gasteiger partial charge in [-0.15, -0.1) is 0 Å². The lowest BCUT2D eigenvalue weighted by Crippen LogP contribution is -2.52. The number of benzene rings is 1. The maximum absolute atomic E-state index is 5.75. The Morgan fingerprint density at radius 3 is 2.85 bits per heavy atom. The fourth-order valence-corrected chi connectivity index (χ4v) is 4.39. The molecule has 0 radical (unpaired) electrons. The summed E-state index contributed by atoms with van der Waals surface area (Å²) in [5.41, 5.74) is 2.71. The van der Waals surface area contributed by atoms with Crippen molar-refractivity contribution in [3.05, 3.63) is 41.5 Å². The lowest BCUT2D eigenvalue weighted by Gasteiger charge is -2.36. The van der Waals surface area contributed by atoms with Crippen molar-refractivity contribution >= 4 is 0 Å². The zero-order valence-corrected chi connectivity index (χ0v) is 16.3. The van der Waals surface area contributed by atoms with Crippen LogP contribution in [0.3, 0.4) is 0 Å². The Morgan fingerprint density at radius 2 is 2.00 bits per heavy atom. The molecule has 1 atom stereocenters. The van der Waals surface area contributed by atoms with Crippen LogP contribution in [0.25, 0.3) is 0 Å². The molecular formula is C20H29N6O+. The summed E-state index contributed by atoms with van der Waals surface area (Å²) in [6, 6.07) is 7.18. The van der Waals surface area contributed by atoms with Gasteiger partial charge in [-0.25, -0.2) is 9.58 Å². The summed E-state index contributed by atoms with van der Waals surface area (Å²) >= 11 is 0. The van der Waals surface area contributed by atoms with Crippen LogP contribution in [0, 0.1) is 0 Å². The molecule has 1 fully saturated rings. The van der Waals surface area contributed by atoms with Crippen molar-refractivity contribution in [2.75, 3.05) is 51.4 Å². The molecule has 2 aromatic rings. The maximum Gasteiger partial charge on any atom is 0.294 e. The summed E-state index contributed by atoms with van der Waals surface area (Å²) in [6.45, 7) is 10.3. The molecule has 27 heavy (non-hydrogen) atoms. The number of hydrogen-bond donors (Lipinski definition) is 0. The van der Waals surface area contributed by atoms with Gasteiger partial charge in [0.05, 0.1) is 37.9 Å². The van der Waals surface area contributed by atoms with E-state index in [2.05, 4.69) is 62.7 Å². The zero-order valence-electron chi connectivity index (χ0n) is 16.3. The first-order valence-electron chi connectivity index (χ1n) is 10.1. The minimum absolute atomic E-state index is 0.413. The molecule has 1 saturated heterocycles. The first kappa shape index (κ1) is 17.0. The van der Waals surface area contributed by atoms with Gasteiger partial charge in [-0.2, -0.15) is 0 Å². The predicted octanol–water partition coefficient (Wildman–Crippen LogP) is 0.566. The van der Waals surface area contributed by atoms with E-state index in [0.29, 0.717) is 6.04 Å². The molecule has 1 aromatic heterocycles. The Hall–Kier alpha value is -2.12. The molecule has 144 valence electrons. The van der Waals surface area contributed by atoms with Gasteiger partial charge < -0.3 is 4.74 Å². The highest BCUT2D eigenvalue weighted by molar-refractivity contribution is 5.41. The maximum atomic E-state index is 5.75. The number of hydrogen-bond acceptors (Lipinski definition) is 5. The first-order chi connectivity index (χ1) is 13.2. The van der Waals surface area contributed by atoms with Crippen molar-refractivity contribution in [1.82, 2.24) is 19.7 Å². The number of piperazine rings is 1. The summed E-state index contributed by atoms with van der Waals surface area (Å²) < 4.78 is 8.05. The molecule has 0 bridgehead atoms. The molecule has 3 aliphatic heterocycles. The molecule has 0 unspecified atom stereocenters. The topological polar surface area (TPSA) is 40.6 Å². The molecular weight excluding hydrogens is 340 g/mol. The highest BCUT2D eigenvalue weighted by Crippen LogP contribution is 2.30. The number of aromatic nitrogens is 3. The van der Waals surface area contributed by atoms with Crippen LogP contribution in [0.5, 0.6) is 5.75 Å². The van der Waals surface area contributed by atoms with Crippen molar-refractivity contribution in [3.63, 3.8) is 0 Å². The second-order valence-electron chi connectivity index (χ2n) is 8.01. The van der Waals surface area contributed by atoms with Crippen LogP contribution in [0.15, 0.2) is 24.5 Å². The lowest BCUT2D eigenvalue weighted by molar-refractivity contribution is -0.712. The van der Waals surface area contributed by atoms with E-state index in [4.69, 9.17) is 9.84 Å². The fourth-order valence-electron chi connectivity index (χ4n) is 4.39. The summed E-state index contributed by atoms with van der Waals surface area (Å²) in [6.07, 6.45) is 3.21. The summed E-state index contributed by atoms with van der Waals surface area (Å²) in [7, 11) is 2.16. The largest absolute Gasteiger partial charge is 0.493 e. The van der Waals surface area contributed by atoms with E-state index in [1.807, 2.05) is 0 Å². The van der Waals surface area contributed by atoms with Crippen LogP contribution >= 0.6 is 0 Å². The van der Waals surface area contributed by atoms with Gasteiger partial charge >= 0.3 is 0 Å². The summed E-state index contributed by atoms with van der Waals surface area (Å²) in [4.78, 5) is 6.96. The second kappa shape index (κ2) is 6.80. The third-order valence-corrected chi connectivity index (χ3v) is 6.26. The van der Waals surface area contributed by atoms with Gasteiger partial charge in [-0.05, 0) is 36.0 Å². The smallest absolute Gasteiger partial charge is 0.294 e. The van der Waals surface area contributed by atoms with Crippen LogP contribution in [0.2, 0.25) is 0 Å². The minimum Gasteiger partial charge on any atom is -0.493 e. The van der Waals surface area contributed by atoms with Crippen LogP contribution in [-0.2, 0) is 19.5 Å². The molecule has 0 spiro atoms. The minimum atomic E-state index is 0.413. The Labute approximate surface area is 160 Å². The summed E-state index contributed by atoms with van der Waals surface area (Å²) in [5, 5.41) is 7.18. The molecule has 0 amide bonds. The number of likely N-dealkylation sites (N-methyl/N-ethyl adjacent to an activating group) is 1. The number of ether oxygens (including phenoxy) is 1. The predicted molar refractivity (Wildman–Crippen MR) is 102 cm³/mol. The van der Waals surface area contributed by atoms with E-state index in [-0.39, 0.29) is 0 Å². The van der Waals surface area contributed by atoms with E-state index in [1.54, 1.807) is 0 Å². The third-order valence-electron chi connectivity index (χ3n) is 6.26. The quantitative estimate of drug-likeness (QED) is 0.740. The molecule has 5 rings (SSSR count). The second-order valence-corrected chi connectivity index (χ2v) is 8.01. The number of fused-ring (bicyclic) bond motifs is 2. The molecule has 7 nitrogen and oxygen atoms in total. The number of rotatable bonds is 3. The van der Waals surface area contributed by atoms with Gasteiger partial charge in [-0.1, -0.05) is 12.1 Å². The lowest BCUT2D eigenvalue weighted by atomic mass is 10.0. The van der Waals surface area contributed by atoms with Crippen molar-refractivity contribution in [1.29, 1.82) is 0 Å². The first-order valence-corrected chi connectivity index (χ1v) is 10.1.